The molecule has 70 valence electrons. The van der Waals surface area contributed by atoms with Gasteiger partial charge in [0.05, 0.1) is 0 Å². The van der Waals surface area contributed by atoms with Crippen molar-refractivity contribution < 1.29 is 4.74 Å². The summed E-state index contributed by atoms with van der Waals surface area (Å²) in [5.74, 6) is 0.688. The van der Waals surface area contributed by atoms with E-state index in [0.717, 1.165) is 25.1 Å². The Morgan fingerprint density at radius 3 is 2.50 bits per heavy atom. The Balaban J connectivity index is 3.20. The molecule has 2 heteroatoms. The zero-order valence-corrected chi connectivity index (χ0v) is 8.15. The molecule has 0 aliphatic rings. The standard InChI is InChI=1S/C10H19NO/c1-5-6-11-7-8-12-10(4)9(2)3/h11H,2,4-8H2,1,3H3. The second-order valence-electron chi connectivity index (χ2n) is 2.80. The SMILES string of the molecule is C=C(C)C(=C)OCCNCCC. The molecule has 0 spiro atoms. The number of ether oxygens (including phenoxy) is 1. The van der Waals surface area contributed by atoms with E-state index >= 15 is 0 Å². The molecule has 0 rings (SSSR count). The van der Waals surface area contributed by atoms with Crippen molar-refractivity contribution in [2.75, 3.05) is 19.7 Å². The predicted molar refractivity (Wildman–Crippen MR) is 53.1 cm³/mol. The van der Waals surface area contributed by atoms with Crippen LogP contribution in [0.3, 0.4) is 0 Å². The van der Waals surface area contributed by atoms with Crippen LogP contribution in [-0.4, -0.2) is 19.7 Å². The minimum atomic E-state index is 0.672. The van der Waals surface area contributed by atoms with Gasteiger partial charge in [0.25, 0.3) is 0 Å². The van der Waals surface area contributed by atoms with Gasteiger partial charge in [-0.3, -0.25) is 0 Å². The van der Waals surface area contributed by atoms with Gasteiger partial charge in [-0.25, -0.2) is 0 Å². The van der Waals surface area contributed by atoms with E-state index in [2.05, 4.69) is 25.4 Å². The average molecular weight is 169 g/mol. The van der Waals surface area contributed by atoms with Gasteiger partial charge >= 0.3 is 0 Å². The van der Waals surface area contributed by atoms with Crippen LogP contribution in [0.5, 0.6) is 0 Å². The Morgan fingerprint density at radius 2 is 2.00 bits per heavy atom. The quantitative estimate of drug-likeness (QED) is 0.358. The Hall–Kier alpha value is -0.760. The molecular weight excluding hydrogens is 150 g/mol. The van der Waals surface area contributed by atoms with Crippen LogP contribution >= 0.6 is 0 Å². The summed E-state index contributed by atoms with van der Waals surface area (Å²) in [5.41, 5.74) is 0.894. The zero-order valence-electron chi connectivity index (χ0n) is 8.15. The molecule has 0 radical (unpaired) electrons. The van der Waals surface area contributed by atoms with E-state index in [1.54, 1.807) is 0 Å². The van der Waals surface area contributed by atoms with Crippen molar-refractivity contribution in [2.45, 2.75) is 20.3 Å². The highest BCUT2D eigenvalue weighted by Crippen LogP contribution is 2.03. The third-order valence-electron chi connectivity index (χ3n) is 1.46. The van der Waals surface area contributed by atoms with Crippen LogP contribution in [0, 0.1) is 0 Å². The largest absolute Gasteiger partial charge is 0.493 e. The predicted octanol–water partition coefficient (Wildman–Crippen LogP) is 2.09. The van der Waals surface area contributed by atoms with E-state index in [1.807, 2.05) is 6.92 Å². The summed E-state index contributed by atoms with van der Waals surface area (Å²) in [5, 5.41) is 3.23. The second kappa shape index (κ2) is 6.92. The lowest BCUT2D eigenvalue weighted by molar-refractivity contribution is 0.222. The van der Waals surface area contributed by atoms with Gasteiger partial charge in [0, 0.05) is 6.54 Å². The molecule has 0 saturated heterocycles. The van der Waals surface area contributed by atoms with Crippen molar-refractivity contribution in [3.05, 3.63) is 24.5 Å². The molecule has 0 heterocycles. The summed E-state index contributed by atoms with van der Waals surface area (Å²) < 4.78 is 5.29. The number of hydrogen-bond acceptors (Lipinski definition) is 2. The first kappa shape index (κ1) is 11.2. The molecule has 0 aromatic rings. The van der Waals surface area contributed by atoms with Crippen molar-refractivity contribution in [2.24, 2.45) is 0 Å². The Labute approximate surface area is 75.3 Å². The molecule has 0 aromatic carbocycles. The van der Waals surface area contributed by atoms with Crippen molar-refractivity contribution >= 4 is 0 Å². The molecule has 0 bridgehead atoms. The summed E-state index contributed by atoms with van der Waals surface area (Å²) in [6, 6.07) is 0. The van der Waals surface area contributed by atoms with Gasteiger partial charge in [0.1, 0.15) is 12.4 Å². The number of allylic oxidation sites excluding steroid dienone is 1. The summed E-state index contributed by atoms with van der Waals surface area (Å²) in [6.07, 6.45) is 1.15. The third kappa shape index (κ3) is 5.98. The smallest absolute Gasteiger partial charge is 0.114 e. The fraction of sp³-hybridized carbons (Fsp3) is 0.600. The summed E-state index contributed by atoms with van der Waals surface area (Å²) in [7, 11) is 0. The lowest BCUT2D eigenvalue weighted by Crippen LogP contribution is -2.20. The van der Waals surface area contributed by atoms with Crippen molar-refractivity contribution in [1.82, 2.24) is 5.32 Å². The first-order valence-electron chi connectivity index (χ1n) is 4.36. The van der Waals surface area contributed by atoms with Gasteiger partial charge in [-0.05, 0) is 25.5 Å². The van der Waals surface area contributed by atoms with Crippen molar-refractivity contribution in [3.63, 3.8) is 0 Å². The van der Waals surface area contributed by atoms with E-state index < -0.39 is 0 Å². The molecule has 12 heavy (non-hydrogen) atoms. The van der Waals surface area contributed by atoms with Gasteiger partial charge < -0.3 is 10.1 Å². The van der Waals surface area contributed by atoms with Gasteiger partial charge in [-0.2, -0.15) is 0 Å². The van der Waals surface area contributed by atoms with Crippen LogP contribution in [0.25, 0.3) is 0 Å². The van der Waals surface area contributed by atoms with Gasteiger partial charge in [0.2, 0.25) is 0 Å². The molecule has 0 aliphatic carbocycles. The van der Waals surface area contributed by atoms with Crippen molar-refractivity contribution in [1.29, 1.82) is 0 Å². The maximum absolute atomic E-state index is 5.29. The first-order valence-corrected chi connectivity index (χ1v) is 4.36. The molecule has 0 aromatic heterocycles. The third-order valence-corrected chi connectivity index (χ3v) is 1.46. The number of hydrogen-bond donors (Lipinski definition) is 1. The van der Waals surface area contributed by atoms with Crippen LogP contribution in [0.2, 0.25) is 0 Å². The van der Waals surface area contributed by atoms with Crippen LogP contribution in [-0.2, 0) is 4.74 Å². The molecule has 0 unspecified atom stereocenters. The minimum absolute atomic E-state index is 0.672. The second-order valence-corrected chi connectivity index (χ2v) is 2.80. The van der Waals surface area contributed by atoms with Crippen LogP contribution < -0.4 is 5.32 Å². The number of rotatable bonds is 7. The Morgan fingerprint density at radius 1 is 1.33 bits per heavy atom. The molecule has 1 N–H and O–H groups in total. The van der Waals surface area contributed by atoms with Gasteiger partial charge in [0.15, 0.2) is 0 Å². The lowest BCUT2D eigenvalue weighted by Gasteiger charge is -2.08. The Kier molecular flexibility index (Phi) is 6.48. The highest BCUT2D eigenvalue weighted by atomic mass is 16.5. The molecule has 0 amide bonds. The van der Waals surface area contributed by atoms with Gasteiger partial charge in [-0.15, -0.1) is 0 Å². The summed E-state index contributed by atoms with van der Waals surface area (Å²) in [6.45, 7) is 14.1. The summed E-state index contributed by atoms with van der Waals surface area (Å²) in [4.78, 5) is 0. The molecule has 0 saturated carbocycles. The minimum Gasteiger partial charge on any atom is -0.493 e. The maximum Gasteiger partial charge on any atom is 0.114 e. The molecule has 0 aliphatic heterocycles. The monoisotopic (exact) mass is 169 g/mol. The molecule has 2 nitrogen and oxygen atoms in total. The average Bonchev–Trinajstić information content (AvgIpc) is 2.03. The van der Waals surface area contributed by atoms with Crippen LogP contribution in [0.1, 0.15) is 20.3 Å². The maximum atomic E-state index is 5.29. The topological polar surface area (TPSA) is 21.3 Å². The molecule has 0 fully saturated rings. The lowest BCUT2D eigenvalue weighted by atomic mass is 10.3. The van der Waals surface area contributed by atoms with Crippen molar-refractivity contribution in [3.8, 4) is 0 Å². The van der Waals surface area contributed by atoms with Gasteiger partial charge in [-0.1, -0.05) is 20.1 Å². The van der Waals surface area contributed by atoms with Crippen LogP contribution in [0.15, 0.2) is 24.5 Å². The normalized spacial score (nSPS) is 9.50. The van der Waals surface area contributed by atoms with E-state index in [0.29, 0.717) is 12.4 Å². The number of nitrogens with one attached hydrogen (secondary N) is 1. The van der Waals surface area contributed by atoms with E-state index in [4.69, 9.17) is 4.74 Å². The van der Waals surface area contributed by atoms with Crippen LogP contribution in [0.4, 0.5) is 0 Å². The molecule has 0 atom stereocenters. The van der Waals surface area contributed by atoms with E-state index in [-0.39, 0.29) is 0 Å². The van der Waals surface area contributed by atoms with E-state index in [9.17, 15) is 0 Å². The molecular formula is C10H19NO. The highest BCUT2D eigenvalue weighted by Gasteiger charge is 1.93. The van der Waals surface area contributed by atoms with E-state index in [1.165, 1.54) is 0 Å². The summed E-state index contributed by atoms with van der Waals surface area (Å²) >= 11 is 0. The highest BCUT2D eigenvalue weighted by molar-refractivity contribution is 5.15. The fourth-order valence-corrected chi connectivity index (χ4v) is 0.671. The zero-order chi connectivity index (χ0) is 9.40. The Bertz CT molecular complexity index is 152. The fourth-order valence-electron chi connectivity index (χ4n) is 0.671. The first-order chi connectivity index (χ1) is 5.68.